The van der Waals surface area contributed by atoms with E-state index < -0.39 is 30.8 Å². The van der Waals surface area contributed by atoms with Gasteiger partial charge < -0.3 is 0 Å². The predicted octanol–water partition coefficient (Wildman–Crippen LogP) is 2.88. The van der Waals surface area contributed by atoms with E-state index in [9.17, 15) is 13.2 Å². The van der Waals surface area contributed by atoms with Gasteiger partial charge in [0.15, 0.2) is 0 Å². The molecule has 0 aromatic heterocycles. The van der Waals surface area contributed by atoms with Gasteiger partial charge in [-0.15, -0.1) is 0 Å². The van der Waals surface area contributed by atoms with Crippen molar-refractivity contribution in [2.75, 3.05) is 0 Å². The van der Waals surface area contributed by atoms with Gasteiger partial charge in [-0.1, -0.05) is 0 Å². The number of alkyl halides is 3. The molecule has 0 aliphatic heterocycles. The molecule has 70 valence electrons. The fraction of sp³-hybridized carbons (Fsp3) is 0.143. The van der Waals surface area contributed by atoms with E-state index in [0.29, 0.717) is 3.32 Å². The third kappa shape index (κ3) is 3.26. The Morgan fingerprint density at radius 3 is 1.77 bits per heavy atom. The Hall–Kier alpha value is 0.460. The third-order valence-corrected chi connectivity index (χ3v) is 7.41. The number of hydrogen-bond acceptors (Lipinski definition) is 0. The van der Waals surface area contributed by atoms with E-state index >= 15 is 0 Å². The molecule has 0 heterocycles. The molecule has 0 radical (unpaired) electrons. The molecular formula is C7H4Cl2F3In. The minimum absolute atomic E-state index is 0.665. The fourth-order valence-electron chi connectivity index (χ4n) is 0.818. The Kier molecular flexibility index (Phi) is 3.83. The van der Waals surface area contributed by atoms with Crippen LogP contribution in [0.15, 0.2) is 24.3 Å². The minimum atomic E-state index is -4.29. The van der Waals surface area contributed by atoms with Crippen molar-refractivity contribution >= 4 is 39.5 Å². The Morgan fingerprint density at radius 1 is 1.00 bits per heavy atom. The SMILES string of the molecule is FC(F)(F)c1cc[c]([In]([Cl])[Cl])cc1. The van der Waals surface area contributed by atoms with Crippen molar-refractivity contribution in [3.05, 3.63) is 29.8 Å². The van der Waals surface area contributed by atoms with E-state index in [0.717, 1.165) is 12.1 Å². The van der Waals surface area contributed by atoms with E-state index in [4.69, 9.17) is 17.2 Å². The molecule has 0 N–H and O–H groups in total. The summed E-state index contributed by atoms with van der Waals surface area (Å²) in [5.41, 5.74) is -0.670. The second-order valence-corrected chi connectivity index (χ2v) is 13.4. The van der Waals surface area contributed by atoms with Gasteiger partial charge in [0.1, 0.15) is 0 Å². The molecule has 0 saturated heterocycles. The Bertz CT molecular complexity index is 281. The van der Waals surface area contributed by atoms with E-state index in [1.807, 2.05) is 0 Å². The monoisotopic (exact) mass is 330 g/mol. The standard InChI is InChI=1S/C7H4F3.2ClH.In/c8-7(9,10)6-4-2-1-3-5-6;;;/h2-5H;2*1H;/q;;;+2/p-2. The molecular weight excluding hydrogens is 327 g/mol. The molecule has 6 heteroatoms. The summed E-state index contributed by atoms with van der Waals surface area (Å²) in [6, 6.07) is 4.71. The van der Waals surface area contributed by atoms with Crippen LogP contribution >= 0.6 is 17.2 Å². The summed E-state index contributed by atoms with van der Waals surface area (Å²) in [7, 11) is 11.3. The fourth-order valence-corrected chi connectivity index (χ4v) is 4.15. The van der Waals surface area contributed by atoms with Crippen LogP contribution in [0.25, 0.3) is 0 Å². The van der Waals surface area contributed by atoms with Crippen LogP contribution < -0.4 is 3.32 Å². The van der Waals surface area contributed by atoms with Gasteiger partial charge in [-0.3, -0.25) is 0 Å². The zero-order valence-corrected chi connectivity index (χ0v) is 11.1. The summed E-state index contributed by atoms with van der Waals surface area (Å²) >= 11 is -2.66. The molecule has 1 aromatic carbocycles. The molecule has 0 spiro atoms. The van der Waals surface area contributed by atoms with Crippen molar-refractivity contribution in [2.24, 2.45) is 0 Å². The summed E-state index contributed by atoms with van der Waals surface area (Å²) in [5, 5.41) is 0. The van der Waals surface area contributed by atoms with Gasteiger partial charge in [-0.05, 0) is 0 Å². The first-order valence-corrected chi connectivity index (χ1v) is 13.4. The number of halogens is 5. The first-order chi connectivity index (χ1) is 5.91. The van der Waals surface area contributed by atoms with Gasteiger partial charge >= 0.3 is 88.7 Å². The summed E-state index contributed by atoms with van der Waals surface area (Å²) in [5.74, 6) is 0. The number of rotatable bonds is 1. The van der Waals surface area contributed by atoms with Crippen molar-refractivity contribution in [1.82, 2.24) is 0 Å². The third-order valence-electron chi connectivity index (χ3n) is 1.49. The Morgan fingerprint density at radius 2 is 1.46 bits per heavy atom. The normalized spacial score (nSPS) is 11.5. The average Bonchev–Trinajstić information content (AvgIpc) is 2.03. The molecule has 0 aliphatic carbocycles. The Labute approximate surface area is 88.3 Å². The zero-order chi connectivity index (χ0) is 10.1. The van der Waals surface area contributed by atoms with Crippen LogP contribution in [0.5, 0.6) is 0 Å². The van der Waals surface area contributed by atoms with E-state index in [1.165, 1.54) is 12.1 Å². The summed E-state index contributed by atoms with van der Waals surface area (Å²) < 4.78 is 36.9. The molecule has 0 unspecified atom stereocenters. The zero-order valence-electron chi connectivity index (χ0n) is 6.28. The van der Waals surface area contributed by atoms with Crippen LogP contribution in [0.1, 0.15) is 5.56 Å². The molecule has 0 nitrogen and oxygen atoms in total. The maximum absolute atomic E-state index is 12.1. The van der Waals surface area contributed by atoms with Gasteiger partial charge in [0, 0.05) is 0 Å². The van der Waals surface area contributed by atoms with Crippen molar-refractivity contribution in [3.63, 3.8) is 0 Å². The molecule has 1 aromatic rings. The second kappa shape index (κ2) is 4.32. The predicted molar refractivity (Wildman–Crippen MR) is 48.5 cm³/mol. The molecule has 0 aliphatic rings. The van der Waals surface area contributed by atoms with Gasteiger partial charge in [0.05, 0.1) is 0 Å². The number of benzene rings is 1. The Balaban J connectivity index is 2.94. The van der Waals surface area contributed by atoms with E-state index in [1.54, 1.807) is 0 Å². The molecule has 1 rings (SSSR count). The molecule has 0 fully saturated rings. The molecule has 13 heavy (non-hydrogen) atoms. The first-order valence-electron chi connectivity index (χ1n) is 3.36. The van der Waals surface area contributed by atoms with Gasteiger partial charge in [-0.25, -0.2) is 0 Å². The second-order valence-electron chi connectivity index (χ2n) is 2.42. The van der Waals surface area contributed by atoms with Crippen LogP contribution in [0, 0.1) is 0 Å². The molecule has 0 bridgehead atoms. The van der Waals surface area contributed by atoms with Crippen molar-refractivity contribution in [1.29, 1.82) is 0 Å². The van der Waals surface area contributed by atoms with E-state index in [-0.39, 0.29) is 0 Å². The summed E-state index contributed by atoms with van der Waals surface area (Å²) in [4.78, 5) is 0. The van der Waals surface area contributed by atoms with Crippen molar-refractivity contribution < 1.29 is 13.2 Å². The van der Waals surface area contributed by atoms with Crippen LogP contribution in [0.4, 0.5) is 13.2 Å². The van der Waals surface area contributed by atoms with Crippen LogP contribution in [-0.2, 0) is 6.18 Å². The molecule has 0 saturated carbocycles. The van der Waals surface area contributed by atoms with Crippen LogP contribution in [0.3, 0.4) is 0 Å². The van der Waals surface area contributed by atoms with Crippen LogP contribution in [0.2, 0.25) is 0 Å². The average molecular weight is 331 g/mol. The van der Waals surface area contributed by atoms with Gasteiger partial charge in [-0.2, -0.15) is 0 Å². The summed E-state index contributed by atoms with van der Waals surface area (Å²) in [6.45, 7) is 0. The van der Waals surface area contributed by atoms with Crippen molar-refractivity contribution in [3.8, 4) is 0 Å². The first kappa shape index (κ1) is 11.5. The quantitative estimate of drug-likeness (QED) is 0.743. The molecule has 0 atom stereocenters. The topological polar surface area (TPSA) is 0 Å². The van der Waals surface area contributed by atoms with Crippen LogP contribution in [-0.4, -0.2) is 19.1 Å². The summed E-state index contributed by atoms with van der Waals surface area (Å²) in [6.07, 6.45) is -4.29. The molecule has 0 amide bonds. The van der Waals surface area contributed by atoms with Gasteiger partial charge in [0.25, 0.3) is 0 Å². The van der Waals surface area contributed by atoms with Gasteiger partial charge in [0.2, 0.25) is 0 Å². The van der Waals surface area contributed by atoms with E-state index in [2.05, 4.69) is 0 Å². The van der Waals surface area contributed by atoms with Crippen molar-refractivity contribution in [2.45, 2.75) is 6.18 Å². The maximum atomic E-state index is 12.1. The number of hydrogen-bond donors (Lipinski definition) is 0.